The van der Waals surface area contributed by atoms with E-state index in [2.05, 4.69) is 5.32 Å². The number of hydrogen-bond donors (Lipinski definition) is 1. The molecule has 24 heavy (non-hydrogen) atoms. The van der Waals surface area contributed by atoms with Gasteiger partial charge in [-0.05, 0) is 37.6 Å². The van der Waals surface area contributed by atoms with Crippen molar-refractivity contribution in [2.45, 2.75) is 39.0 Å². The quantitative estimate of drug-likeness (QED) is 0.853. The van der Waals surface area contributed by atoms with Crippen molar-refractivity contribution in [3.05, 3.63) is 35.1 Å². The van der Waals surface area contributed by atoms with Crippen molar-refractivity contribution in [1.29, 1.82) is 0 Å². The molecule has 1 fully saturated rings. The molecule has 1 atom stereocenters. The summed E-state index contributed by atoms with van der Waals surface area (Å²) in [5.41, 5.74) is -1.34. The van der Waals surface area contributed by atoms with E-state index in [0.717, 1.165) is 12.1 Å². The molecular formula is C16H18F4N2O2. The molecule has 0 radical (unpaired) electrons. The molecule has 1 heterocycles. The maximum Gasteiger partial charge on any atom is 0.416 e. The Balaban J connectivity index is 2.05. The second-order valence-corrected chi connectivity index (χ2v) is 6.06. The summed E-state index contributed by atoms with van der Waals surface area (Å²) in [5, 5.41) is 2.38. The molecule has 1 unspecified atom stereocenters. The van der Waals surface area contributed by atoms with Gasteiger partial charge in [0.1, 0.15) is 5.82 Å². The first-order valence-electron chi connectivity index (χ1n) is 7.52. The van der Waals surface area contributed by atoms with Crippen LogP contribution in [0.15, 0.2) is 18.2 Å². The Hall–Kier alpha value is -2.12. The van der Waals surface area contributed by atoms with Gasteiger partial charge in [-0.15, -0.1) is 0 Å². The van der Waals surface area contributed by atoms with Crippen LogP contribution in [0.4, 0.5) is 17.6 Å². The number of nitrogens with zero attached hydrogens (tertiary/aromatic N) is 1. The Morgan fingerprint density at radius 2 is 2.04 bits per heavy atom. The summed E-state index contributed by atoms with van der Waals surface area (Å²) in [7, 11) is 0. The van der Waals surface area contributed by atoms with Crippen molar-refractivity contribution in [3.63, 3.8) is 0 Å². The highest BCUT2D eigenvalue weighted by atomic mass is 19.4. The number of carbonyl (C=O) groups excluding carboxylic acids is 2. The predicted molar refractivity (Wildman–Crippen MR) is 78.2 cm³/mol. The summed E-state index contributed by atoms with van der Waals surface area (Å²) in [5.74, 6) is -2.09. The lowest BCUT2D eigenvalue weighted by Crippen LogP contribution is -2.35. The average molecular weight is 346 g/mol. The van der Waals surface area contributed by atoms with E-state index in [1.54, 1.807) is 4.90 Å². The first kappa shape index (κ1) is 18.2. The van der Waals surface area contributed by atoms with Crippen molar-refractivity contribution in [2.24, 2.45) is 5.92 Å². The summed E-state index contributed by atoms with van der Waals surface area (Å²) < 4.78 is 52.0. The van der Waals surface area contributed by atoms with Crippen molar-refractivity contribution in [3.8, 4) is 0 Å². The fraction of sp³-hybridized carbons (Fsp3) is 0.500. The van der Waals surface area contributed by atoms with E-state index in [9.17, 15) is 27.2 Å². The Labute approximate surface area is 136 Å². The van der Waals surface area contributed by atoms with Crippen molar-refractivity contribution >= 4 is 11.8 Å². The van der Waals surface area contributed by atoms with E-state index in [0.29, 0.717) is 6.07 Å². The van der Waals surface area contributed by atoms with E-state index in [1.807, 2.05) is 13.8 Å². The van der Waals surface area contributed by atoms with Crippen LogP contribution in [-0.2, 0) is 22.3 Å². The number of likely N-dealkylation sites (tertiary alicyclic amines) is 1. The van der Waals surface area contributed by atoms with Gasteiger partial charge in [-0.25, -0.2) is 4.39 Å². The number of nitrogens with one attached hydrogen (secondary N) is 1. The number of carbonyl (C=O) groups is 2. The third kappa shape index (κ3) is 4.04. The molecule has 1 aliphatic heterocycles. The fourth-order valence-corrected chi connectivity index (χ4v) is 2.72. The molecule has 0 aromatic heterocycles. The zero-order valence-corrected chi connectivity index (χ0v) is 13.3. The van der Waals surface area contributed by atoms with Crippen LogP contribution in [0.2, 0.25) is 0 Å². The number of alkyl halides is 3. The number of amides is 2. The lowest BCUT2D eigenvalue weighted by atomic mass is 10.1. The average Bonchev–Trinajstić information content (AvgIpc) is 2.85. The minimum atomic E-state index is -4.63. The molecule has 4 nitrogen and oxygen atoms in total. The van der Waals surface area contributed by atoms with Crippen LogP contribution in [0.5, 0.6) is 0 Å². The molecule has 0 bridgehead atoms. The minimum absolute atomic E-state index is 0.0271. The van der Waals surface area contributed by atoms with Gasteiger partial charge < -0.3 is 10.2 Å². The molecule has 132 valence electrons. The molecule has 1 aliphatic rings. The summed E-state index contributed by atoms with van der Waals surface area (Å²) in [4.78, 5) is 25.4. The normalized spacial score (nSPS) is 18.4. The van der Waals surface area contributed by atoms with Crippen LogP contribution in [0.1, 0.15) is 31.4 Å². The molecule has 1 N–H and O–H groups in total. The number of rotatable bonds is 4. The summed E-state index contributed by atoms with van der Waals surface area (Å²) in [6.45, 7) is 3.43. The van der Waals surface area contributed by atoms with Crippen LogP contribution < -0.4 is 5.32 Å². The maximum atomic E-state index is 13.2. The highest BCUT2D eigenvalue weighted by Crippen LogP contribution is 2.32. The van der Waals surface area contributed by atoms with Gasteiger partial charge >= 0.3 is 6.18 Å². The van der Waals surface area contributed by atoms with Gasteiger partial charge in [0.25, 0.3) is 0 Å². The lowest BCUT2D eigenvalue weighted by Gasteiger charge is -2.20. The molecule has 0 saturated carbocycles. The van der Waals surface area contributed by atoms with Gasteiger partial charge in [-0.3, -0.25) is 9.59 Å². The van der Waals surface area contributed by atoms with Crippen LogP contribution in [0.3, 0.4) is 0 Å². The SMILES string of the molecule is CC(C)N1CC(C(=O)NCc2cc(F)ccc2C(F)(F)F)CC1=O. The first-order valence-corrected chi connectivity index (χ1v) is 7.52. The number of hydrogen-bond acceptors (Lipinski definition) is 2. The van der Waals surface area contributed by atoms with Crippen molar-refractivity contribution < 1.29 is 27.2 Å². The van der Waals surface area contributed by atoms with Gasteiger partial charge in [0, 0.05) is 25.6 Å². The monoisotopic (exact) mass is 346 g/mol. The zero-order valence-electron chi connectivity index (χ0n) is 13.3. The standard InChI is InChI=1S/C16H18F4N2O2/c1-9(2)22-8-11(6-14(22)23)15(24)21-7-10-5-12(17)3-4-13(10)16(18,19)20/h3-5,9,11H,6-8H2,1-2H3,(H,21,24). The highest BCUT2D eigenvalue weighted by molar-refractivity contribution is 5.89. The topological polar surface area (TPSA) is 49.4 Å². The molecule has 1 aromatic rings. The van der Waals surface area contributed by atoms with Crippen LogP contribution in [-0.4, -0.2) is 29.3 Å². The Morgan fingerprint density at radius 3 is 2.58 bits per heavy atom. The van der Waals surface area contributed by atoms with Gasteiger partial charge in [-0.1, -0.05) is 0 Å². The summed E-state index contributed by atoms with van der Waals surface area (Å²) in [6, 6.07) is 2.08. The zero-order chi connectivity index (χ0) is 18.1. The van der Waals surface area contributed by atoms with E-state index >= 15 is 0 Å². The molecule has 8 heteroatoms. The summed E-state index contributed by atoms with van der Waals surface area (Å²) in [6.07, 6.45) is -4.61. The fourth-order valence-electron chi connectivity index (χ4n) is 2.72. The van der Waals surface area contributed by atoms with E-state index < -0.39 is 35.9 Å². The molecule has 2 amide bonds. The van der Waals surface area contributed by atoms with Gasteiger partial charge in [0.2, 0.25) is 11.8 Å². The second kappa shape index (κ2) is 6.78. The predicted octanol–water partition coefficient (Wildman–Crippen LogP) is 2.72. The number of benzene rings is 1. The molecule has 1 saturated heterocycles. The van der Waals surface area contributed by atoms with Crippen molar-refractivity contribution in [2.75, 3.05) is 6.54 Å². The Morgan fingerprint density at radius 1 is 1.38 bits per heavy atom. The molecule has 0 spiro atoms. The van der Waals surface area contributed by atoms with Crippen LogP contribution >= 0.6 is 0 Å². The van der Waals surface area contributed by atoms with Gasteiger partial charge in [0.15, 0.2) is 0 Å². The van der Waals surface area contributed by atoms with Crippen LogP contribution in [0, 0.1) is 11.7 Å². The lowest BCUT2D eigenvalue weighted by molar-refractivity contribution is -0.138. The largest absolute Gasteiger partial charge is 0.416 e. The Bertz CT molecular complexity index is 643. The molecule has 0 aliphatic carbocycles. The summed E-state index contributed by atoms with van der Waals surface area (Å²) >= 11 is 0. The third-order valence-electron chi connectivity index (χ3n) is 3.98. The van der Waals surface area contributed by atoms with E-state index in [-0.39, 0.29) is 30.5 Å². The minimum Gasteiger partial charge on any atom is -0.352 e. The van der Waals surface area contributed by atoms with Crippen LogP contribution in [0.25, 0.3) is 0 Å². The van der Waals surface area contributed by atoms with Crippen molar-refractivity contribution in [1.82, 2.24) is 10.2 Å². The third-order valence-corrected chi connectivity index (χ3v) is 3.98. The molecule has 1 aromatic carbocycles. The van der Waals surface area contributed by atoms with E-state index in [4.69, 9.17) is 0 Å². The first-order chi connectivity index (χ1) is 11.1. The Kier molecular flexibility index (Phi) is 5.15. The maximum absolute atomic E-state index is 13.2. The number of halogens is 4. The smallest absolute Gasteiger partial charge is 0.352 e. The highest BCUT2D eigenvalue weighted by Gasteiger charge is 2.36. The van der Waals surface area contributed by atoms with Gasteiger partial charge in [-0.2, -0.15) is 13.2 Å². The van der Waals surface area contributed by atoms with Gasteiger partial charge in [0.05, 0.1) is 11.5 Å². The second-order valence-electron chi connectivity index (χ2n) is 6.06. The molecular weight excluding hydrogens is 328 g/mol. The van der Waals surface area contributed by atoms with E-state index in [1.165, 1.54) is 0 Å². The molecule has 2 rings (SSSR count).